The molecular weight excluding hydrogens is 377 g/mol. The second kappa shape index (κ2) is 7.19. The van der Waals surface area contributed by atoms with E-state index in [1.165, 1.54) is 6.07 Å². The number of para-hydroxylation sites is 1. The van der Waals surface area contributed by atoms with E-state index in [0.29, 0.717) is 16.4 Å². The summed E-state index contributed by atoms with van der Waals surface area (Å²) in [4.78, 5) is 30.6. The number of aromatic amines is 1. The molecule has 0 unspecified atom stereocenters. The average molecular weight is 390 g/mol. The number of hydrogen-bond donors (Lipinski definition) is 2. The minimum atomic E-state index is -0.758. The molecule has 0 saturated carbocycles. The van der Waals surface area contributed by atoms with E-state index in [9.17, 15) is 14.7 Å². The van der Waals surface area contributed by atoms with Crippen LogP contribution in [-0.2, 0) is 0 Å². The molecule has 1 heterocycles. The van der Waals surface area contributed by atoms with Gasteiger partial charge in [-0.3, -0.25) is 14.8 Å². The molecule has 1 aromatic heterocycles. The molecule has 132 valence electrons. The number of aromatic nitrogens is 2. The molecule has 8 heteroatoms. The normalized spacial score (nSPS) is 11.2. The van der Waals surface area contributed by atoms with Crippen LogP contribution in [0.2, 0.25) is 10.0 Å². The Bertz CT molecular complexity index is 1130. The van der Waals surface area contributed by atoms with Crippen molar-refractivity contribution in [1.29, 1.82) is 0 Å². The van der Waals surface area contributed by atoms with Crippen molar-refractivity contribution >= 4 is 35.1 Å². The van der Waals surface area contributed by atoms with Crippen molar-refractivity contribution in [2.24, 2.45) is 4.99 Å². The zero-order valence-electron chi connectivity index (χ0n) is 13.5. The van der Waals surface area contributed by atoms with Crippen molar-refractivity contribution in [3.63, 3.8) is 0 Å². The first-order chi connectivity index (χ1) is 12.4. The third kappa shape index (κ3) is 3.42. The van der Waals surface area contributed by atoms with Crippen LogP contribution < -0.4 is 11.2 Å². The van der Waals surface area contributed by atoms with Crippen molar-refractivity contribution in [3.05, 3.63) is 84.5 Å². The highest BCUT2D eigenvalue weighted by molar-refractivity contribution is 6.36. The fraction of sp³-hybridized carbons (Fsp3) is 0.0556. The van der Waals surface area contributed by atoms with Gasteiger partial charge in [0.2, 0.25) is 5.88 Å². The number of nitrogens with zero attached hydrogens (tertiary/aromatic N) is 2. The van der Waals surface area contributed by atoms with Gasteiger partial charge in [0.1, 0.15) is 5.56 Å². The Hall–Kier alpha value is -2.83. The van der Waals surface area contributed by atoms with Gasteiger partial charge in [0.05, 0.1) is 16.4 Å². The van der Waals surface area contributed by atoms with E-state index in [-0.39, 0.29) is 10.6 Å². The Kier molecular flexibility index (Phi) is 4.97. The van der Waals surface area contributed by atoms with Gasteiger partial charge in [0.15, 0.2) is 0 Å². The number of hydrogen-bond acceptors (Lipinski definition) is 4. The van der Waals surface area contributed by atoms with Gasteiger partial charge in [0.25, 0.3) is 5.56 Å². The molecule has 0 aliphatic carbocycles. The molecule has 0 fully saturated rings. The van der Waals surface area contributed by atoms with E-state index in [0.717, 1.165) is 16.3 Å². The molecule has 3 aromatic rings. The first-order valence-electron chi connectivity index (χ1n) is 7.52. The Labute approximate surface area is 158 Å². The van der Waals surface area contributed by atoms with Crippen LogP contribution in [0.1, 0.15) is 11.1 Å². The van der Waals surface area contributed by atoms with E-state index in [2.05, 4.69) is 9.98 Å². The van der Waals surface area contributed by atoms with Gasteiger partial charge in [0, 0.05) is 11.2 Å². The van der Waals surface area contributed by atoms with Crippen molar-refractivity contribution in [1.82, 2.24) is 9.55 Å². The third-order valence-electron chi connectivity index (χ3n) is 3.72. The van der Waals surface area contributed by atoms with Crippen LogP contribution in [-0.4, -0.2) is 20.9 Å². The van der Waals surface area contributed by atoms with E-state index < -0.39 is 17.1 Å². The van der Waals surface area contributed by atoms with Gasteiger partial charge in [-0.2, -0.15) is 0 Å². The van der Waals surface area contributed by atoms with Crippen LogP contribution in [0.25, 0.3) is 5.69 Å². The topological polar surface area (TPSA) is 87.4 Å². The predicted molar refractivity (Wildman–Crippen MR) is 103 cm³/mol. The lowest BCUT2D eigenvalue weighted by molar-refractivity contribution is 0.430. The van der Waals surface area contributed by atoms with Gasteiger partial charge >= 0.3 is 5.69 Å². The summed E-state index contributed by atoms with van der Waals surface area (Å²) in [5.74, 6) is -0.512. The van der Waals surface area contributed by atoms with Crippen molar-refractivity contribution in [2.45, 2.75) is 6.92 Å². The second-order valence-corrected chi connectivity index (χ2v) is 6.32. The van der Waals surface area contributed by atoms with Crippen molar-refractivity contribution < 1.29 is 5.11 Å². The van der Waals surface area contributed by atoms with Crippen LogP contribution >= 0.6 is 23.2 Å². The minimum Gasteiger partial charge on any atom is -0.493 e. The fourth-order valence-electron chi connectivity index (χ4n) is 2.41. The molecular formula is C18H13Cl2N3O3. The number of aliphatic imine (C=N–C) groups is 1. The summed E-state index contributed by atoms with van der Waals surface area (Å²) in [6.45, 7) is 1.79. The molecule has 0 spiro atoms. The number of halogens is 2. The second-order valence-electron chi connectivity index (χ2n) is 5.47. The number of nitrogens with one attached hydrogen (secondary N) is 1. The van der Waals surface area contributed by atoms with Crippen LogP contribution in [0.4, 0.5) is 5.69 Å². The molecule has 0 bridgehead atoms. The lowest BCUT2D eigenvalue weighted by Crippen LogP contribution is -2.31. The van der Waals surface area contributed by atoms with Gasteiger partial charge in [-0.15, -0.1) is 0 Å². The fourth-order valence-corrected chi connectivity index (χ4v) is 2.87. The molecule has 2 aromatic carbocycles. The molecule has 0 aliphatic rings. The highest BCUT2D eigenvalue weighted by atomic mass is 35.5. The summed E-state index contributed by atoms with van der Waals surface area (Å²) < 4.78 is 1.02. The summed E-state index contributed by atoms with van der Waals surface area (Å²) in [5.41, 5.74) is -0.108. The Morgan fingerprint density at radius 1 is 1.15 bits per heavy atom. The zero-order chi connectivity index (χ0) is 18.8. The number of rotatable bonds is 3. The number of H-pyrrole nitrogens is 1. The molecule has 0 saturated heterocycles. The zero-order valence-corrected chi connectivity index (χ0v) is 15.0. The van der Waals surface area contributed by atoms with Gasteiger partial charge in [-0.1, -0.05) is 41.4 Å². The van der Waals surface area contributed by atoms with Crippen LogP contribution in [0, 0.1) is 6.92 Å². The van der Waals surface area contributed by atoms with Crippen LogP contribution in [0.3, 0.4) is 0 Å². The quantitative estimate of drug-likeness (QED) is 0.670. The first-order valence-corrected chi connectivity index (χ1v) is 8.27. The molecule has 0 radical (unpaired) electrons. The summed E-state index contributed by atoms with van der Waals surface area (Å²) >= 11 is 11.9. The van der Waals surface area contributed by atoms with Crippen molar-refractivity contribution in [3.8, 4) is 11.6 Å². The maximum absolute atomic E-state index is 12.2. The molecule has 26 heavy (non-hydrogen) atoms. The highest BCUT2D eigenvalue weighted by Gasteiger charge is 2.15. The summed E-state index contributed by atoms with van der Waals surface area (Å²) in [7, 11) is 0. The minimum absolute atomic E-state index is 0.168. The SMILES string of the molecule is Cc1ccccc1-n1c(O)c(C=Nc2ccc(Cl)cc2Cl)c(=O)[nH]c1=O. The molecule has 0 aliphatic heterocycles. The molecule has 2 N–H and O–H groups in total. The van der Waals surface area contributed by atoms with Crippen LogP contribution in [0.15, 0.2) is 57.0 Å². The molecule has 0 amide bonds. The largest absolute Gasteiger partial charge is 0.493 e. The maximum atomic E-state index is 12.2. The summed E-state index contributed by atoms with van der Waals surface area (Å²) in [5, 5.41) is 11.3. The van der Waals surface area contributed by atoms with Gasteiger partial charge in [-0.25, -0.2) is 9.36 Å². The Balaban J connectivity index is 2.16. The molecule has 6 nitrogen and oxygen atoms in total. The average Bonchev–Trinajstić information content (AvgIpc) is 2.57. The smallest absolute Gasteiger partial charge is 0.335 e. The van der Waals surface area contributed by atoms with E-state index >= 15 is 0 Å². The maximum Gasteiger partial charge on any atom is 0.335 e. The first kappa shape index (κ1) is 18.0. The van der Waals surface area contributed by atoms with Gasteiger partial charge < -0.3 is 5.11 Å². The number of aryl methyl sites for hydroxylation is 1. The van der Waals surface area contributed by atoms with E-state index in [4.69, 9.17) is 23.2 Å². The lowest BCUT2D eigenvalue weighted by Gasteiger charge is -2.11. The lowest BCUT2D eigenvalue weighted by atomic mass is 10.2. The van der Waals surface area contributed by atoms with E-state index in [1.807, 2.05) is 0 Å². The van der Waals surface area contributed by atoms with Crippen LogP contribution in [0.5, 0.6) is 5.88 Å². The molecule has 0 atom stereocenters. The summed E-state index contributed by atoms with van der Waals surface area (Å²) in [6, 6.07) is 11.6. The summed E-state index contributed by atoms with van der Waals surface area (Å²) in [6.07, 6.45) is 1.15. The monoisotopic (exact) mass is 389 g/mol. The van der Waals surface area contributed by atoms with Gasteiger partial charge in [-0.05, 0) is 36.8 Å². The number of aromatic hydroxyl groups is 1. The standard InChI is InChI=1S/C18H13Cl2N3O3/c1-10-4-2-3-5-15(10)23-17(25)12(16(24)22-18(23)26)9-21-14-7-6-11(19)8-13(14)20/h2-9,25H,1H3,(H,22,24,26). The molecule has 3 rings (SSSR count). The Morgan fingerprint density at radius 2 is 1.88 bits per heavy atom. The van der Waals surface area contributed by atoms with E-state index in [1.54, 1.807) is 43.3 Å². The highest BCUT2D eigenvalue weighted by Crippen LogP contribution is 2.28. The predicted octanol–water partition coefficient (Wildman–Crippen LogP) is 3.60. The Morgan fingerprint density at radius 3 is 2.58 bits per heavy atom. The van der Waals surface area contributed by atoms with Crippen molar-refractivity contribution in [2.75, 3.05) is 0 Å². The third-order valence-corrected chi connectivity index (χ3v) is 4.26. The number of benzene rings is 2.